The van der Waals surface area contributed by atoms with Gasteiger partial charge in [0.1, 0.15) is 6.33 Å². The van der Waals surface area contributed by atoms with Crippen LogP contribution in [0.5, 0.6) is 0 Å². The summed E-state index contributed by atoms with van der Waals surface area (Å²) in [6.45, 7) is 2.58. The van der Waals surface area contributed by atoms with Gasteiger partial charge in [-0.2, -0.15) is 0 Å². The summed E-state index contributed by atoms with van der Waals surface area (Å²) >= 11 is 6.24. The minimum Gasteiger partial charge on any atom is -0.337 e. The highest BCUT2D eigenvalue weighted by atomic mass is 35.5. The first kappa shape index (κ1) is 17.3. The average molecular weight is 374 g/mol. The number of fused-ring (bicyclic) bond motifs is 1. The Kier molecular flexibility index (Phi) is 4.85. The number of aromatic nitrogens is 3. The summed E-state index contributed by atoms with van der Waals surface area (Å²) in [6, 6.07) is 8.10. The van der Waals surface area contributed by atoms with Crippen LogP contribution < -0.4 is 5.32 Å². The van der Waals surface area contributed by atoms with Gasteiger partial charge in [-0.3, -0.25) is 0 Å². The van der Waals surface area contributed by atoms with Crippen LogP contribution in [0.4, 0.5) is 4.79 Å². The van der Waals surface area contributed by atoms with Gasteiger partial charge in [0.05, 0.1) is 6.54 Å². The van der Waals surface area contributed by atoms with E-state index in [1.807, 2.05) is 21.6 Å². The van der Waals surface area contributed by atoms with E-state index in [1.54, 1.807) is 6.33 Å². The van der Waals surface area contributed by atoms with Crippen LogP contribution in [0, 0.1) is 0 Å². The molecule has 1 aliphatic heterocycles. The number of benzene rings is 1. The zero-order valence-electron chi connectivity index (χ0n) is 14.8. The van der Waals surface area contributed by atoms with Crippen LogP contribution in [0.1, 0.15) is 43.5 Å². The Morgan fingerprint density at radius 3 is 2.88 bits per heavy atom. The van der Waals surface area contributed by atoms with Crippen LogP contribution in [0.15, 0.2) is 30.6 Å². The SMILES string of the molecule is O=C(NCC1(c2cccc(Cl)c2)CCCCC1)N1CCn2cnnc2C1. The molecular formula is C19H24ClN5O. The number of carbonyl (C=O) groups is 1. The van der Waals surface area contributed by atoms with Gasteiger partial charge in [0.15, 0.2) is 5.82 Å². The van der Waals surface area contributed by atoms with E-state index in [2.05, 4.69) is 27.6 Å². The Morgan fingerprint density at radius 1 is 1.23 bits per heavy atom. The first-order valence-electron chi connectivity index (χ1n) is 9.32. The van der Waals surface area contributed by atoms with E-state index in [1.165, 1.54) is 24.8 Å². The van der Waals surface area contributed by atoms with E-state index in [4.69, 9.17) is 11.6 Å². The zero-order chi connectivity index (χ0) is 18.0. The van der Waals surface area contributed by atoms with Gasteiger partial charge in [-0.05, 0) is 30.5 Å². The molecule has 0 spiro atoms. The lowest BCUT2D eigenvalue weighted by Gasteiger charge is -2.39. The fraction of sp³-hybridized carbons (Fsp3) is 0.526. The van der Waals surface area contributed by atoms with E-state index < -0.39 is 0 Å². The van der Waals surface area contributed by atoms with Crippen molar-refractivity contribution >= 4 is 17.6 Å². The van der Waals surface area contributed by atoms with Gasteiger partial charge in [0, 0.05) is 30.1 Å². The number of urea groups is 1. The van der Waals surface area contributed by atoms with Gasteiger partial charge in [-0.15, -0.1) is 10.2 Å². The minimum atomic E-state index is -0.0220. The van der Waals surface area contributed by atoms with Crippen molar-refractivity contribution in [1.82, 2.24) is 25.0 Å². The molecule has 0 radical (unpaired) electrons. The van der Waals surface area contributed by atoms with E-state index in [9.17, 15) is 4.79 Å². The van der Waals surface area contributed by atoms with Crippen molar-refractivity contribution in [1.29, 1.82) is 0 Å². The molecule has 2 heterocycles. The molecule has 0 bridgehead atoms. The van der Waals surface area contributed by atoms with E-state index >= 15 is 0 Å². The third-order valence-electron chi connectivity index (χ3n) is 5.75. The molecule has 138 valence electrons. The molecule has 1 aromatic carbocycles. The number of nitrogens with one attached hydrogen (secondary N) is 1. The molecule has 1 aromatic heterocycles. The molecule has 2 aliphatic rings. The van der Waals surface area contributed by atoms with Gasteiger partial charge in [0.2, 0.25) is 0 Å². The number of nitrogens with zero attached hydrogens (tertiary/aromatic N) is 4. The summed E-state index contributed by atoms with van der Waals surface area (Å²) in [5, 5.41) is 12.0. The molecule has 1 saturated carbocycles. The highest BCUT2D eigenvalue weighted by Gasteiger charge is 2.35. The van der Waals surface area contributed by atoms with Crippen molar-refractivity contribution in [2.75, 3.05) is 13.1 Å². The normalized spacial score (nSPS) is 19.0. The van der Waals surface area contributed by atoms with Crippen molar-refractivity contribution in [3.63, 3.8) is 0 Å². The summed E-state index contributed by atoms with van der Waals surface area (Å²) < 4.78 is 2.00. The van der Waals surface area contributed by atoms with Crippen molar-refractivity contribution in [3.8, 4) is 0 Å². The lowest BCUT2D eigenvalue weighted by atomic mass is 9.69. The van der Waals surface area contributed by atoms with Crippen molar-refractivity contribution in [2.24, 2.45) is 0 Å². The summed E-state index contributed by atoms with van der Waals surface area (Å²) in [5.41, 5.74) is 1.22. The third-order valence-corrected chi connectivity index (χ3v) is 5.99. The zero-order valence-corrected chi connectivity index (χ0v) is 15.6. The van der Waals surface area contributed by atoms with E-state index in [0.29, 0.717) is 19.6 Å². The van der Waals surface area contributed by atoms with Gasteiger partial charge < -0.3 is 14.8 Å². The highest BCUT2D eigenvalue weighted by molar-refractivity contribution is 6.30. The number of rotatable bonds is 3. The Hall–Kier alpha value is -2.08. The molecule has 0 saturated heterocycles. The largest absolute Gasteiger partial charge is 0.337 e. The maximum atomic E-state index is 12.7. The Bertz CT molecular complexity index is 784. The molecule has 1 N–H and O–H groups in total. The van der Waals surface area contributed by atoms with Crippen LogP contribution in [-0.2, 0) is 18.5 Å². The standard InChI is InChI=1S/C19H24ClN5O/c20-16-6-4-5-15(11-16)19(7-2-1-3-8-19)13-21-18(26)24-9-10-25-14-22-23-17(25)12-24/h4-6,11,14H,1-3,7-10,12-13H2,(H,21,26). The quantitative estimate of drug-likeness (QED) is 0.897. The topological polar surface area (TPSA) is 63.1 Å². The molecular weight excluding hydrogens is 350 g/mol. The smallest absolute Gasteiger partial charge is 0.317 e. The summed E-state index contributed by atoms with van der Waals surface area (Å²) in [4.78, 5) is 14.6. The predicted molar refractivity (Wildman–Crippen MR) is 100 cm³/mol. The molecule has 1 fully saturated rings. The van der Waals surface area contributed by atoms with Crippen LogP contribution in [0.25, 0.3) is 0 Å². The van der Waals surface area contributed by atoms with Crippen LogP contribution in [0.2, 0.25) is 5.02 Å². The minimum absolute atomic E-state index is 0.0192. The molecule has 26 heavy (non-hydrogen) atoms. The first-order valence-corrected chi connectivity index (χ1v) is 9.70. The summed E-state index contributed by atoms with van der Waals surface area (Å²) in [6.07, 6.45) is 7.53. The van der Waals surface area contributed by atoms with Crippen molar-refractivity contribution in [3.05, 3.63) is 47.0 Å². The fourth-order valence-electron chi connectivity index (χ4n) is 4.21. The fourth-order valence-corrected chi connectivity index (χ4v) is 4.40. The molecule has 2 amide bonds. The molecule has 1 aliphatic carbocycles. The van der Waals surface area contributed by atoms with Gasteiger partial charge >= 0.3 is 6.03 Å². The summed E-state index contributed by atoms with van der Waals surface area (Å²) in [7, 11) is 0. The second-order valence-electron chi connectivity index (χ2n) is 7.37. The first-order chi connectivity index (χ1) is 12.7. The Balaban J connectivity index is 1.46. The average Bonchev–Trinajstić information content (AvgIpc) is 3.14. The molecule has 7 heteroatoms. The number of hydrogen-bond acceptors (Lipinski definition) is 3. The monoisotopic (exact) mass is 373 g/mol. The van der Waals surface area contributed by atoms with Crippen LogP contribution in [-0.4, -0.2) is 38.8 Å². The summed E-state index contributed by atoms with van der Waals surface area (Å²) in [5.74, 6) is 0.841. The molecule has 2 aromatic rings. The van der Waals surface area contributed by atoms with Crippen LogP contribution in [0.3, 0.4) is 0 Å². The highest BCUT2D eigenvalue weighted by Crippen LogP contribution is 2.39. The van der Waals surface area contributed by atoms with Crippen LogP contribution >= 0.6 is 11.6 Å². The Labute approximate surface area is 158 Å². The number of amides is 2. The number of halogens is 1. The molecule has 0 unspecified atom stereocenters. The van der Waals surface area contributed by atoms with Gasteiger partial charge in [0.25, 0.3) is 0 Å². The van der Waals surface area contributed by atoms with Gasteiger partial charge in [-0.25, -0.2) is 4.79 Å². The number of hydrogen-bond donors (Lipinski definition) is 1. The predicted octanol–water partition coefficient (Wildman–Crippen LogP) is 3.36. The maximum absolute atomic E-state index is 12.7. The maximum Gasteiger partial charge on any atom is 0.317 e. The Morgan fingerprint density at radius 2 is 2.08 bits per heavy atom. The van der Waals surface area contributed by atoms with E-state index in [-0.39, 0.29) is 11.4 Å². The van der Waals surface area contributed by atoms with Gasteiger partial charge in [-0.1, -0.05) is 43.0 Å². The molecule has 4 rings (SSSR count). The lowest BCUT2D eigenvalue weighted by molar-refractivity contribution is 0.175. The molecule has 0 atom stereocenters. The van der Waals surface area contributed by atoms with E-state index in [0.717, 1.165) is 30.2 Å². The second-order valence-corrected chi connectivity index (χ2v) is 7.81. The number of carbonyl (C=O) groups excluding carboxylic acids is 1. The molecule has 6 nitrogen and oxygen atoms in total. The lowest BCUT2D eigenvalue weighted by Crippen LogP contribution is -2.49. The van der Waals surface area contributed by atoms with Crippen molar-refractivity contribution < 1.29 is 4.79 Å². The second kappa shape index (κ2) is 7.27. The third kappa shape index (κ3) is 3.43. The van der Waals surface area contributed by atoms with Crippen molar-refractivity contribution in [2.45, 2.75) is 50.6 Å².